The van der Waals surface area contributed by atoms with Crippen LogP contribution in [-0.2, 0) is 0 Å². The first-order valence-electron chi connectivity index (χ1n) is 5.91. The Morgan fingerprint density at radius 1 is 1.24 bits per heavy atom. The second-order valence-corrected chi connectivity index (χ2v) is 4.45. The normalized spacial score (nSPS) is 13.6. The highest BCUT2D eigenvalue weighted by Gasteiger charge is 2.08. The predicted molar refractivity (Wildman–Crippen MR) is 72.6 cm³/mol. The molecule has 0 heterocycles. The van der Waals surface area contributed by atoms with E-state index in [4.69, 9.17) is 5.84 Å². The number of hydrogen-bond donors (Lipinski definition) is 3. The zero-order valence-electron chi connectivity index (χ0n) is 11.0. The fourth-order valence-electron chi connectivity index (χ4n) is 1.71. The van der Waals surface area contributed by atoms with Crippen LogP contribution in [0.15, 0.2) is 29.3 Å². The van der Waals surface area contributed by atoms with Gasteiger partial charge >= 0.3 is 0 Å². The minimum absolute atomic E-state index is 0.0773. The molecule has 0 aromatic heterocycles. The SMILES string of the molecule is Cc1ccccc1C(C)N=C(NN)NC(C)C. The van der Waals surface area contributed by atoms with Gasteiger partial charge in [0, 0.05) is 6.04 Å². The minimum Gasteiger partial charge on any atom is -0.353 e. The van der Waals surface area contributed by atoms with Gasteiger partial charge in [-0.3, -0.25) is 5.43 Å². The van der Waals surface area contributed by atoms with Gasteiger partial charge in [0.25, 0.3) is 0 Å². The maximum atomic E-state index is 5.44. The van der Waals surface area contributed by atoms with Crippen LogP contribution in [0.5, 0.6) is 0 Å². The topological polar surface area (TPSA) is 62.4 Å². The van der Waals surface area contributed by atoms with Crippen LogP contribution >= 0.6 is 0 Å². The maximum Gasteiger partial charge on any atom is 0.206 e. The van der Waals surface area contributed by atoms with Gasteiger partial charge in [-0.1, -0.05) is 24.3 Å². The molecule has 1 unspecified atom stereocenters. The lowest BCUT2D eigenvalue weighted by Gasteiger charge is -2.16. The van der Waals surface area contributed by atoms with E-state index < -0.39 is 0 Å². The van der Waals surface area contributed by atoms with Crippen molar-refractivity contribution < 1.29 is 0 Å². The lowest BCUT2D eigenvalue weighted by Crippen LogP contribution is -2.44. The van der Waals surface area contributed by atoms with Gasteiger partial charge in [0.05, 0.1) is 6.04 Å². The largest absolute Gasteiger partial charge is 0.353 e. The van der Waals surface area contributed by atoms with E-state index in [2.05, 4.69) is 41.7 Å². The first-order chi connectivity index (χ1) is 8.04. The highest BCUT2D eigenvalue weighted by atomic mass is 15.3. The van der Waals surface area contributed by atoms with E-state index in [9.17, 15) is 0 Å². The number of benzene rings is 1. The molecular weight excluding hydrogens is 212 g/mol. The van der Waals surface area contributed by atoms with Crippen LogP contribution in [0, 0.1) is 6.92 Å². The molecule has 1 atom stereocenters. The number of hydrazine groups is 1. The molecule has 0 saturated carbocycles. The first kappa shape index (κ1) is 13.5. The van der Waals surface area contributed by atoms with Crippen LogP contribution in [-0.4, -0.2) is 12.0 Å². The minimum atomic E-state index is 0.0773. The molecule has 4 N–H and O–H groups in total. The zero-order valence-corrected chi connectivity index (χ0v) is 11.0. The van der Waals surface area contributed by atoms with Crippen molar-refractivity contribution in [2.75, 3.05) is 0 Å². The first-order valence-corrected chi connectivity index (χ1v) is 5.91. The van der Waals surface area contributed by atoms with Crippen LogP contribution < -0.4 is 16.6 Å². The van der Waals surface area contributed by atoms with Crippen molar-refractivity contribution in [3.8, 4) is 0 Å². The smallest absolute Gasteiger partial charge is 0.206 e. The summed E-state index contributed by atoms with van der Waals surface area (Å²) in [6.07, 6.45) is 0. The highest BCUT2D eigenvalue weighted by Crippen LogP contribution is 2.19. The molecule has 0 radical (unpaired) electrons. The summed E-state index contributed by atoms with van der Waals surface area (Å²) < 4.78 is 0. The Morgan fingerprint density at radius 2 is 1.88 bits per heavy atom. The lowest BCUT2D eigenvalue weighted by atomic mass is 10.0. The molecule has 0 bridgehead atoms. The van der Waals surface area contributed by atoms with E-state index in [1.54, 1.807) is 0 Å². The molecule has 0 saturated heterocycles. The molecule has 4 nitrogen and oxygen atoms in total. The summed E-state index contributed by atoms with van der Waals surface area (Å²) in [5.74, 6) is 6.06. The molecule has 0 amide bonds. The zero-order chi connectivity index (χ0) is 12.8. The molecule has 94 valence electrons. The fraction of sp³-hybridized carbons (Fsp3) is 0.462. The molecule has 1 aromatic rings. The van der Waals surface area contributed by atoms with Gasteiger partial charge in [0.15, 0.2) is 0 Å². The van der Waals surface area contributed by atoms with Crippen molar-refractivity contribution in [1.29, 1.82) is 0 Å². The van der Waals surface area contributed by atoms with Gasteiger partial charge in [-0.15, -0.1) is 0 Å². The van der Waals surface area contributed by atoms with Gasteiger partial charge in [-0.2, -0.15) is 0 Å². The highest BCUT2D eigenvalue weighted by molar-refractivity contribution is 5.79. The Labute approximate surface area is 103 Å². The van der Waals surface area contributed by atoms with E-state index in [-0.39, 0.29) is 6.04 Å². The van der Waals surface area contributed by atoms with Crippen LogP contribution in [0.2, 0.25) is 0 Å². The number of hydrogen-bond acceptors (Lipinski definition) is 2. The molecule has 1 rings (SSSR count). The van der Waals surface area contributed by atoms with Crippen LogP contribution in [0.25, 0.3) is 0 Å². The Hall–Kier alpha value is -1.55. The number of rotatable bonds is 3. The van der Waals surface area contributed by atoms with Gasteiger partial charge in [-0.05, 0) is 38.8 Å². The number of nitrogens with one attached hydrogen (secondary N) is 2. The summed E-state index contributed by atoms with van der Waals surface area (Å²) in [5, 5.41) is 3.16. The number of aryl methyl sites for hydroxylation is 1. The monoisotopic (exact) mass is 234 g/mol. The van der Waals surface area contributed by atoms with Gasteiger partial charge < -0.3 is 5.32 Å². The third kappa shape index (κ3) is 4.07. The maximum absolute atomic E-state index is 5.44. The molecular formula is C13H22N4. The Balaban J connectivity index is 2.86. The molecule has 17 heavy (non-hydrogen) atoms. The van der Waals surface area contributed by atoms with Crippen molar-refractivity contribution >= 4 is 5.96 Å². The summed E-state index contributed by atoms with van der Waals surface area (Å²) >= 11 is 0. The van der Waals surface area contributed by atoms with E-state index in [0.29, 0.717) is 12.0 Å². The van der Waals surface area contributed by atoms with Crippen molar-refractivity contribution in [3.05, 3.63) is 35.4 Å². The van der Waals surface area contributed by atoms with Crippen LogP contribution in [0.1, 0.15) is 37.9 Å². The third-order valence-electron chi connectivity index (χ3n) is 2.52. The molecule has 0 fully saturated rings. The number of aliphatic imine (C=N–C) groups is 1. The fourth-order valence-corrected chi connectivity index (χ4v) is 1.71. The van der Waals surface area contributed by atoms with Crippen LogP contribution in [0.4, 0.5) is 0 Å². The Bertz CT molecular complexity index is 385. The summed E-state index contributed by atoms with van der Waals surface area (Å²) in [6.45, 7) is 8.24. The Kier molecular flexibility index (Phi) is 4.97. The van der Waals surface area contributed by atoms with Gasteiger partial charge in [0.2, 0.25) is 5.96 Å². The van der Waals surface area contributed by atoms with E-state index in [0.717, 1.165) is 0 Å². The average Bonchev–Trinajstić information content (AvgIpc) is 2.27. The molecule has 0 spiro atoms. The van der Waals surface area contributed by atoms with Gasteiger partial charge in [-0.25, -0.2) is 10.8 Å². The predicted octanol–water partition coefficient (Wildman–Crippen LogP) is 1.87. The number of nitrogens with zero attached hydrogens (tertiary/aromatic N) is 1. The third-order valence-corrected chi connectivity index (χ3v) is 2.52. The summed E-state index contributed by atoms with van der Waals surface area (Å²) in [7, 11) is 0. The second-order valence-electron chi connectivity index (χ2n) is 4.45. The quantitative estimate of drug-likeness (QED) is 0.324. The van der Waals surface area contributed by atoms with E-state index in [1.807, 2.05) is 26.0 Å². The summed E-state index contributed by atoms with van der Waals surface area (Å²) in [4.78, 5) is 4.54. The lowest BCUT2D eigenvalue weighted by molar-refractivity contribution is 0.688. The number of nitrogens with two attached hydrogens (primary N) is 1. The molecule has 1 aromatic carbocycles. The van der Waals surface area contributed by atoms with Crippen molar-refractivity contribution in [2.45, 2.75) is 39.8 Å². The van der Waals surface area contributed by atoms with E-state index in [1.165, 1.54) is 11.1 Å². The molecule has 0 aliphatic rings. The van der Waals surface area contributed by atoms with Crippen molar-refractivity contribution in [2.24, 2.45) is 10.8 Å². The molecule has 4 heteroatoms. The average molecular weight is 234 g/mol. The van der Waals surface area contributed by atoms with Crippen molar-refractivity contribution in [1.82, 2.24) is 10.7 Å². The van der Waals surface area contributed by atoms with E-state index >= 15 is 0 Å². The van der Waals surface area contributed by atoms with Crippen molar-refractivity contribution in [3.63, 3.8) is 0 Å². The second kappa shape index (κ2) is 6.25. The van der Waals surface area contributed by atoms with Gasteiger partial charge in [0.1, 0.15) is 0 Å². The molecule has 0 aliphatic carbocycles. The number of guanidine groups is 1. The summed E-state index contributed by atoms with van der Waals surface area (Å²) in [6, 6.07) is 8.62. The molecule has 0 aliphatic heterocycles. The van der Waals surface area contributed by atoms with Crippen LogP contribution in [0.3, 0.4) is 0 Å². The Morgan fingerprint density at radius 3 is 2.41 bits per heavy atom. The standard InChI is InChI=1S/C13H22N4/c1-9(2)15-13(17-14)16-11(4)12-8-6-5-7-10(12)3/h5-9,11H,14H2,1-4H3,(H2,15,16,17). The summed E-state index contributed by atoms with van der Waals surface area (Å²) in [5.41, 5.74) is 5.05.